The zero-order valence-corrected chi connectivity index (χ0v) is 12.0. The molecule has 3 rings (SSSR count). The van der Waals surface area contributed by atoms with Crippen LogP contribution in [0.1, 0.15) is 22.2 Å². The molecule has 0 atom stereocenters. The predicted octanol–water partition coefficient (Wildman–Crippen LogP) is 2.19. The van der Waals surface area contributed by atoms with Crippen molar-refractivity contribution in [2.45, 2.75) is 13.3 Å². The standard InChI is InChI=1S/C14H12N4O2S/c1-2-8-5-3-4-6-9(8)17-14(20)12-10-11(18-21-12)13(19)16-7-15-10/h3-7H,2H2,1H3,(H,17,20)(H,15,16,19). The van der Waals surface area contributed by atoms with Crippen molar-refractivity contribution in [3.63, 3.8) is 0 Å². The average Bonchev–Trinajstić information content (AvgIpc) is 2.93. The highest BCUT2D eigenvalue weighted by Crippen LogP contribution is 2.21. The Labute approximate surface area is 124 Å². The number of aromatic nitrogens is 3. The number of aryl methyl sites for hydroxylation is 1. The summed E-state index contributed by atoms with van der Waals surface area (Å²) < 4.78 is 4.00. The van der Waals surface area contributed by atoms with Crippen LogP contribution in [0.4, 0.5) is 5.69 Å². The van der Waals surface area contributed by atoms with E-state index in [2.05, 4.69) is 19.7 Å². The van der Waals surface area contributed by atoms with Crippen LogP contribution in [0.2, 0.25) is 0 Å². The van der Waals surface area contributed by atoms with E-state index in [-0.39, 0.29) is 17.0 Å². The Morgan fingerprint density at radius 1 is 1.33 bits per heavy atom. The summed E-state index contributed by atoms with van der Waals surface area (Å²) in [5.41, 5.74) is 1.98. The summed E-state index contributed by atoms with van der Waals surface area (Å²) in [7, 11) is 0. The summed E-state index contributed by atoms with van der Waals surface area (Å²) in [6, 6.07) is 7.60. The lowest BCUT2D eigenvalue weighted by Gasteiger charge is -2.08. The van der Waals surface area contributed by atoms with E-state index >= 15 is 0 Å². The second kappa shape index (κ2) is 5.45. The average molecular weight is 300 g/mol. The number of carbonyl (C=O) groups excluding carboxylic acids is 1. The largest absolute Gasteiger partial charge is 0.321 e. The van der Waals surface area contributed by atoms with Gasteiger partial charge in [0.15, 0.2) is 5.52 Å². The molecule has 0 aliphatic rings. The number of hydrogen-bond acceptors (Lipinski definition) is 5. The Morgan fingerprint density at radius 2 is 2.14 bits per heavy atom. The summed E-state index contributed by atoms with van der Waals surface area (Å²) in [4.78, 5) is 30.8. The molecule has 0 radical (unpaired) electrons. The summed E-state index contributed by atoms with van der Waals surface area (Å²) in [6.07, 6.45) is 2.09. The van der Waals surface area contributed by atoms with Gasteiger partial charge in [0.05, 0.1) is 6.33 Å². The zero-order valence-electron chi connectivity index (χ0n) is 11.2. The smallest absolute Gasteiger partial charge is 0.278 e. The topological polar surface area (TPSA) is 87.7 Å². The fourth-order valence-electron chi connectivity index (χ4n) is 2.06. The van der Waals surface area contributed by atoms with Gasteiger partial charge in [-0.05, 0) is 29.6 Å². The molecule has 2 aromatic heterocycles. The minimum absolute atomic E-state index is 0.191. The number of benzene rings is 1. The maximum atomic E-state index is 12.4. The minimum atomic E-state index is -0.343. The van der Waals surface area contributed by atoms with Crippen LogP contribution < -0.4 is 10.9 Å². The lowest BCUT2D eigenvalue weighted by Crippen LogP contribution is -2.13. The molecule has 21 heavy (non-hydrogen) atoms. The first-order chi connectivity index (χ1) is 10.2. The van der Waals surface area contributed by atoms with Gasteiger partial charge in [0.25, 0.3) is 11.5 Å². The third kappa shape index (κ3) is 2.43. The second-order valence-corrected chi connectivity index (χ2v) is 5.18. The Bertz CT molecular complexity index is 869. The molecule has 106 valence electrons. The molecule has 0 saturated heterocycles. The second-order valence-electron chi connectivity index (χ2n) is 4.41. The minimum Gasteiger partial charge on any atom is -0.321 e. The first kappa shape index (κ1) is 13.4. The number of amides is 1. The van der Waals surface area contributed by atoms with Crippen LogP contribution in [0, 0.1) is 0 Å². The van der Waals surface area contributed by atoms with E-state index in [1.807, 2.05) is 31.2 Å². The molecule has 1 aromatic carbocycles. The van der Waals surface area contributed by atoms with Crippen molar-refractivity contribution in [2.24, 2.45) is 0 Å². The van der Waals surface area contributed by atoms with Crippen molar-refractivity contribution in [3.05, 3.63) is 51.4 Å². The van der Waals surface area contributed by atoms with E-state index < -0.39 is 0 Å². The highest BCUT2D eigenvalue weighted by Gasteiger charge is 2.17. The predicted molar refractivity (Wildman–Crippen MR) is 81.8 cm³/mol. The molecule has 0 unspecified atom stereocenters. The van der Waals surface area contributed by atoms with Crippen molar-refractivity contribution in [1.82, 2.24) is 14.3 Å². The number of fused-ring (bicyclic) bond motifs is 1. The molecule has 0 spiro atoms. The van der Waals surface area contributed by atoms with Gasteiger partial charge in [-0.2, -0.15) is 4.37 Å². The quantitative estimate of drug-likeness (QED) is 0.776. The fourth-order valence-corrected chi connectivity index (χ4v) is 2.78. The lowest BCUT2D eigenvalue weighted by atomic mass is 10.1. The van der Waals surface area contributed by atoms with E-state index in [0.29, 0.717) is 10.4 Å². The van der Waals surface area contributed by atoms with E-state index in [4.69, 9.17) is 0 Å². The number of para-hydroxylation sites is 1. The van der Waals surface area contributed by atoms with Crippen molar-refractivity contribution in [2.75, 3.05) is 5.32 Å². The van der Waals surface area contributed by atoms with Crippen molar-refractivity contribution < 1.29 is 4.79 Å². The summed E-state index contributed by atoms with van der Waals surface area (Å²) in [5.74, 6) is -0.304. The molecular formula is C14H12N4O2S. The van der Waals surface area contributed by atoms with Gasteiger partial charge >= 0.3 is 0 Å². The Hall–Kier alpha value is -2.54. The normalized spacial score (nSPS) is 10.7. The molecular weight excluding hydrogens is 288 g/mol. The van der Waals surface area contributed by atoms with Gasteiger partial charge < -0.3 is 10.3 Å². The monoisotopic (exact) mass is 300 g/mol. The van der Waals surface area contributed by atoms with E-state index in [9.17, 15) is 9.59 Å². The summed E-state index contributed by atoms with van der Waals surface area (Å²) in [6.45, 7) is 2.02. The van der Waals surface area contributed by atoms with Gasteiger partial charge in [-0.1, -0.05) is 25.1 Å². The van der Waals surface area contributed by atoms with Crippen LogP contribution in [-0.4, -0.2) is 20.2 Å². The molecule has 7 heteroatoms. The van der Waals surface area contributed by atoms with Crippen molar-refractivity contribution in [3.8, 4) is 0 Å². The van der Waals surface area contributed by atoms with Gasteiger partial charge in [0.1, 0.15) is 10.4 Å². The number of nitrogens with one attached hydrogen (secondary N) is 2. The van der Waals surface area contributed by atoms with Crippen LogP contribution >= 0.6 is 11.5 Å². The Balaban J connectivity index is 1.98. The fraction of sp³-hybridized carbons (Fsp3) is 0.143. The number of rotatable bonds is 3. The van der Waals surface area contributed by atoms with Crippen LogP contribution in [0.25, 0.3) is 11.0 Å². The van der Waals surface area contributed by atoms with E-state index in [1.165, 1.54) is 6.33 Å². The molecule has 0 fully saturated rings. The van der Waals surface area contributed by atoms with Crippen LogP contribution in [0.3, 0.4) is 0 Å². The molecule has 0 aliphatic heterocycles. The lowest BCUT2D eigenvalue weighted by molar-refractivity contribution is 0.103. The van der Waals surface area contributed by atoms with Crippen molar-refractivity contribution >= 4 is 34.2 Å². The zero-order chi connectivity index (χ0) is 14.8. The first-order valence-electron chi connectivity index (χ1n) is 6.43. The molecule has 0 bridgehead atoms. The third-order valence-electron chi connectivity index (χ3n) is 3.12. The Kier molecular flexibility index (Phi) is 3.49. The molecule has 3 aromatic rings. The summed E-state index contributed by atoms with van der Waals surface area (Å²) >= 11 is 0.973. The number of anilines is 1. The highest BCUT2D eigenvalue weighted by atomic mass is 32.1. The third-order valence-corrected chi connectivity index (χ3v) is 3.96. The number of H-pyrrole nitrogens is 1. The maximum Gasteiger partial charge on any atom is 0.278 e. The van der Waals surface area contributed by atoms with E-state index in [1.54, 1.807) is 0 Å². The van der Waals surface area contributed by atoms with Crippen LogP contribution in [-0.2, 0) is 6.42 Å². The maximum absolute atomic E-state index is 12.4. The number of nitrogens with zero attached hydrogens (tertiary/aromatic N) is 2. The first-order valence-corrected chi connectivity index (χ1v) is 7.20. The van der Waals surface area contributed by atoms with Crippen molar-refractivity contribution in [1.29, 1.82) is 0 Å². The molecule has 0 aliphatic carbocycles. The van der Waals surface area contributed by atoms with E-state index in [0.717, 1.165) is 29.2 Å². The van der Waals surface area contributed by atoms with Gasteiger partial charge in [0.2, 0.25) is 0 Å². The van der Waals surface area contributed by atoms with Gasteiger partial charge in [-0.25, -0.2) is 4.98 Å². The number of carbonyl (C=O) groups is 1. The molecule has 0 saturated carbocycles. The highest BCUT2D eigenvalue weighted by molar-refractivity contribution is 7.09. The SMILES string of the molecule is CCc1ccccc1NC(=O)c1snc2c(=O)[nH]cnc12. The molecule has 6 nitrogen and oxygen atoms in total. The van der Waals surface area contributed by atoms with Gasteiger partial charge in [0, 0.05) is 5.69 Å². The molecule has 1 amide bonds. The Morgan fingerprint density at radius 3 is 2.95 bits per heavy atom. The van der Waals surface area contributed by atoms with Gasteiger partial charge in [-0.15, -0.1) is 0 Å². The molecule has 2 heterocycles. The van der Waals surface area contributed by atoms with Crippen LogP contribution in [0.15, 0.2) is 35.4 Å². The van der Waals surface area contributed by atoms with Gasteiger partial charge in [-0.3, -0.25) is 9.59 Å². The van der Waals surface area contributed by atoms with Crippen LogP contribution in [0.5, 0.6) is 0 Å². The number of aromatic amines is 1. The molecule has 2 N–H and O–H groups in total. The summed E-state index contributed by atoms with van der Waals surface area (Å²) in [5, 5.41) is 2.85. The number of hydrogen-bond donors (Lipinski definition) is 2.